The number of nitriles is 1. The summed E-state index contributed by atoms with van der Waals surface area (Å²) < 4.78 is 5.49. The Bertz CT molecular complexity index is 1320. The molecule has 0 aliphatic heterocycles. The highest BCUT2D eigenvalue weighted by Gasteiger charge is 2.21. The van der Waals surface area contributed by atoms with Crippen molar-refractivity contribution >= 4 is 40.6 Å². The van der Waals surface area contributed by atoms with Gasteiger partial charge in [0.25, 0.3) is 11.6 Å². The number of amides is 1. The Hall–Kier alpha value is -4.75. The SMILES string of the molecule is N#C/C(=C\c1ccc(Oc2ccc([N+](=O)[O-])cc2[N+](=O)[O-])cc1)C(=O)Nc1cccc(Cl)c1. The van der Waals surface area contributed by atoms with E-state index in [2.05, 4.69) is 5.32 Å². The lowest BCUT2D eigenvalue weighted by Gasteiger charge is -2.07. The van der Waals surface area contributed by atoms with E-state index in [0.29, 0.717) is 16.3 Å². The molecule has 3 aromatic rings. The molecule has 0 aliphatic carbocycles. The molecule has 3 aromatic carbocycles. The molecule has 164 valence electrons. The van der Waals surface area contributed by atoms with Gasteiger partial charge in [-0.25, -0.2) is 0 Å². The van der Waals surface area contributed by atoms with Crippen LogP contribution in [0.4, 0.5) is 17.1 Å². The fourth-order valence-electron chi connectivity index (χ4n) is 2.69. The second-order valence-electron chi connectivity index (χ2n) is 6.47. The van der Waals surface area contributed by atoms with Gasteiger partial charge in [0.05, 0.1) is 15.9 Å². The molecule has 1 amide bonds. The molecule has 0 aromatic heterocycles. The average Bonchev–Trinajstić information content (AvgIpc) is 2.78. The highest BCUT2D eigenvalue weighted by Crippen LogP contribution is 2.34. The van der Waals surface area contributed by atoms with Crippen molar-refractivity contribution in [2.75, 3.05) is 5.32 Å². The summed E-state index contributed by atoms with van der Waals surface area (Å²) in [5.74, 6) is -0.583. The predicted octanol–water partition coefficient (Wildman–Crippen LogP) is 5.49. The van der Waals surface area contributed by atoms with Crippen LogP contribution in [0.15, 0.2) is 72.3 Å². The fourth-order valence-corrected chi connectivity index (χ4v) is 2.88. The Kier molecular flexibility index (Phi) is 6.97. The van der Waals surface area contributed by atoms with E-state index >= 15 is 0 Å². The minimum Gasteiger partial charge on any atom is -0.450 e. The summed E-state index contributed by atoms with van der Waals surface area (Å²) in [6.07, 6.45) is 1.36. The Morgan fingerprint density at radius 2 is 1.76 bits per heavy atom. The van der Waals surface area contributed by atoms with Gasteiger partial charge in [-0.2, -0.15) is 5.26 Å². The van der Waals surface area contributed by atoms with Crippen LogP contribution >= 0.6 is 11.6 Å². The number of non-ortho nitro benzene ring substituents is 1. The second kappa shape index (κ2) is 10.0. The second-order valence-corrected chi connectivity index (χ2v) is 6.91. The molecule has 10 nitrogen and oxygen atoms in total. The molecule has 0 atom stereocenters. The molecule has 0 bridgehead atoms. The maximum Gasteiger partial charge on any atom is 0.318 e. The maximum absolute atomic E-state index is 12.4. The molecule has 11 heteroatoms. The number of nitro benzene ring substituents is 2. The number of hydrogen-bond donors (Lipinski definition) is 1. The van der Waals surface area contributed by atoms with Crippen LogP contribution in [0.3, 0.4) is 0 Å². The van der Waals surface area contributed by atoms with E-state index in [1.54, 1.807) is 18.2 Å². The number of hydrogen-bond acceptors (Lipinski definition) is 7. The van der Waals surface area contributed by atoms with Gasteiger partial charge in [-0.1, -0.05) is 29.8 Å². The monoisotopic (exact) mass is 464 g/mol. The number of halogens is 1. The Morgan fingerprint density at radius 1 is 1.03 bits per heavy atom. The van der Waals surface area contributed by atoms with E-state index in [9.17, 15) is 30.3 Å². The lowest BCUT2D eigenvalue weighted by molar-refractivity contribution is -0.394. The number of nitrogens with zero attached hydrogens (tertiary/aromatic N) is 3. The average molecular weight is 465 g/mol. The lowest BCUT2D eigenvalue weighted by Crippen LogP contribution is -2.13. The third kappa shape index (κ3) is 5.90. The first-order valence-corrected chi connectivity index (χ1v) is 9.54. The topological polar surface area (TPSA) is 148 Å². The molecule has 0 aliphatic rings. The molecule has 0 saturated heterocycles. The number of rotatable bonds is 7. The first kappa shape index (κ1) is 22.9. The number of ether oxygens (including phenoxy) is 1. The van der Waals surface area contributed by atoms with Crippen molar-refractivity contribution in [1.82, 2.24) is 0 Å². The lowest BCUT2D eigenvalue weighted by atomic mass is 10.1. The van der Waals surface area contributed by atoms with E-state index in [1.807, 2.05) is 6.07 Å². The molecule has 0 fully saturated rings. The first-order chi connectivity index (χ1) is 15.8. The summed E-state index contributed by atoms with van der Waals surface area (Å²) in [4.78, 5) is 32.9. The van der Waals surface area contributed by atoms with E-state index in [1.165, 1.54) is 36.4 Å². The van der Waals surface area contributed by atoms with E-state index in [-0.39, 0.29) is 17.1 Å². The molecule has 0 heterocycles. The van der Waals surface area contributed by atoms with Gasteiger partial charge in [0.2, 0.25) is 5.75 Å². The van der Waals surface area contributed by atoms with Crippen LogP contribution in [-0.4, -0.2) is 15.8 Å². The van der Waals surface area contributed by atoms with Gasteiger partial charge >= 0.3 is 5.69 Å². The molecule has 0 radical (unpaired) electrons. The van der Waals surface area contributed by atoms with E-state index in [4.69, 9.17) is 16.3 Å². The standard InChI is InChI=1S/C22H13ClN4O6/c23-16-2-1-3-17(11-16)25-22(28)15(13-24)10-14-4-7-19(8-5-14)33-21-9-6-18(26(29)30)12-20(21)27(31)32/h1-12H,(H,25,28)/b15-10+. The molecule has 1 N–H and O–H groups in total. The Labute approximate surface area is 191 Å². The zero-order valence-electron chi connectivity index (χ0n) is 16.6. The molecular formula is C22H13ClN4O6. The van der Waals surface area contributed by atoms with E-state index in [0.717, 1.165) is 18.2 Å². The Balaban J connectivity index is 1.77. The van der Waals surface area contributed by atoms with Crippen LogP contribution in [0.5, 0.6) is 11.5 Å². The highest BCUT2D eigenvalue weighted by molar-refractivity contribution is 6.31. The number of carbonyl (C=O) groups is 1. The minimum atomic E-state index is -0.781. The number of benzene rings is 3. The van der Waals surface area contributed by atoms with Gasteiger partial charge in [-0.15, -0.1) is 0 Å². The molecule has 3 rings (SSSR count). The van der Waals surface area contributed by atoms with Gasteiger partial charge < -0.3 is 10.1 Å². The van der Waals surface area contributed by atoms with Gasteiger partial charge in [-0.05, 0) is 48.0 Å². The molecule has 0 saturated carbocycles. The zero-order chi connectivity index (χ0) is 24.0. The van der Waals surface area contributed by atoms with Crippen LogP contribution in [0.25, 0.3) is 6.08 Å². The van der Waals surface area contributed by atoms with Crippen molar-refractivity contribution in [2.45, 2.75) is 0 Å². The van der Waals surface area contributed by atoms with Gasteiger partial charge in [0, 0.05) is 16.8 Å². The first-order valence-electron chi connectivity index (χ1n) is 9.16. The van der Waals surface area contributed by atoms with Crippen LogP contribution in [0.1, 0.15) is 5.56 Å². The van der Waals surface area contributed by atoms with Crippen molar-refractivity contribution in [3.05, 3.63) is 103 Å². The van der Waals surface area contributed by atoms with Crippen LogP contribution < -0.4 is 10.1 Å². The van der Waals surface area contributed by atoms with Crippen molar-refractivity contribution < 1.29 is 19.4 Å². The fraction of sp³-hybridized carbons (Fsp3) is 0. The number of carbonyl (C=O) groups excluding carboxylic acids is 1. The minimum absolute atomic E-state index is 0.158. The van der Waals surface area contributed by atoms with E-state index < -0.39 is 27.1 Å². The third-order valence-corrected chi connectivity index (χ3v) is 4.45. The van der Waals surface area contributed by atoms with Crippen molar-refractivity contribution in [3.8, 4) is 17.6 Å². The summed E-state index contributed by atoms with van der Waals surface area (Å²) in [7, 11) is 0. The third-order valence-electron chi connectivity index (χ3n) is 4.22. The Morgan fingerprint density at radius 3 is 2.36 bits per heavy atom. The van der Waals surface area contributed by atoms with Crippen LogP contribution in [-0.2, 0) is 4.79 Å². The van der Waals surface area contributed by atoms with Crippen molar-refractivity contribution in [3.63, 3.8) is 0 Å². The molecule has 0 unspecified atom stereocenters. The molecular weight excluding hydrogens is 452 g/mol. The summed E-state index contributed by atoms with van der Waals surface area (Å²) in [5, 5.41) is 34.4. The van der Waals surface area contributed by atoms with Crippen molar-refractivity contribution in [1.29, 1.82) is 5.26 Å². The zero-order valence-corrected chi connectivity index (χ0v) is 17.4. The number of nitro groups is 2. The number of anilines is 1. The summed E-state index contributed by atoms with van der Waals surface area (Å²) >= 11 is 5.88. The quantitative estimate of drug-likeness (QED) is 0.210. The smallest absolute Gasteiger partial charge is 0.318 e. The van der Waals surface area contributed by atoms with Gasteiger partial charge in [0.15, 0.2) is 0 Å². The van der Waals surface area contributed by atoms with Crippen LogP contribution in [0.2, 0.25) is 5.02 Å². The summed E-state index contributed by atoms with van der Waals surface area (Å²) in [6, 6.07) is 17.4. The normalized spacial score (nSPS) is 10.7. The van der Waals surface area contributed by atoms with Crippen LogP contribution in [0, 0.1) is 31.6 Å². The van der Waals surface area contributed by atoms with Crippen molar-refractivity contribution in [2.24, 2.45) is 0 Å². The van der Waals surface area contributed by atoms with Gasteiger partial charge in [-0.3, -0.25) is 25.0 Å². The predicted molar refractivity (Wildman–Crippen MR) is 120 cm³/mol. The number of nitrogens with one attached hydrogen (secondary N) is 1. The highest BCUT2D eigenvalue weighted by atomic mass is 35.5. The summed E-state index contributed by atoms with van der Waals surface area (Å²) in [6.45, 7) is 0. The molecule has 0 spiro atoms. The maximum atomic E-state index is 12.4. The molecule has 33 heavy (non-hydrogen) atoms. The largest absolute Gasteiger partial charge is 0.450 e. The summed E-state index contributed by atoms with van der Waals surface area (Å²) in [5.41, 5.74) is -0.220. The van der Waals surface area contributed by atoms with Gasteiger partial charge in [0.1, 0.15) is 17.4 Å².